The van der Waals surface area contributed by atoms with Crippen LogP contribution in [-0.4, -0.2) is 4.57 Å². The minimum absolute atomic E-state index is 0.216. The standard InChI is InChI=1S/C57H42N2/c1-57(2)53-37-47(58(45-21-10-5-11-22-45)46-28-25-41(26-29-46)43-20-14-19-42(35-43)39-15-6-3-7-16-39)30-32-49(53)50-33-31-48(38-54(50)57)59-55-24-13-12-23-51(55)52-36-44(27-34-56(52)59)40-17-8-4-9-18-40/h3-38H,1-2H3. The fraction of sp³-hybridized carbons (Fsp3) is 0.0526. The van der Waals surface area contributed by atoms with Crippen molar-refractivity contribution >= 4 is 38.9 Å². The van der Waals surface area contributed by atoms with Gasteiger partial charge in [0.15, 0.2) is 0 Å². The Kier molecular flexibility index (Phi) is 8.20. The summed E-state index contributed by atoms with van der Waals surface area (Å²) in [6, 6.07) is 79.7. The zero-order valence-electron chi connectivity index (χ0n) is 33.2. The van der Waals surface area contributed by atoms with E-state index in [9.17, 15) is 0 Å². The predicted octanol–water partition coefficient (Wildman–Crippen LogP) is 15.6. The third-order valence-electron chi connectivity index (χ3n) is 12.4. The van der Waals surface area contributed by atoms with E-state index >= 15 is 0 Å². The van der Waals surface area contributed by atoms with E-state index in [-0.39, 0.29) is 5.41 Å². The molecule has 0 saturated heterocycles. The molecule has 280 valence electrons. The topological polar surface area (TPSA) is 8.17 Å². The summed E-state index contributed by atoms with van der Waals surface area (Å²) in [5.41, 5.74) is 19.4. The zero-order chi connectivity index (χ0) is 39.5. The summed E-state index contributed by atoms with van der Waals surface area (Å²) in [7, 11) is 0. The van der Waals surface area contributed by atoms with Crippen molar-refractivity contribution in [1.29, 1.82) is 0 Å². The van der Waals surface area contributed by atoms with Crippen LogP contribution in [0.4, 0.5) is 17.1 Å². The highest BCUT2D eigenvalue weighted by atomic mass is 15.1. The van der Waals surface area contributed by atoms with E-state index in [2.05, 4.69) is 242 Å². The second kappa shape index (κ2) is 13.9. The van der Waals surface area contributed by atoms with Gasteiger partial charge in [-0.15, -0.1) is 0 Å². The molecule has 1 aromatic heterocycles. The summed E-state index contributed by atoms with van der Waals surface area (Å²) >= 11 is 0. The lowest BCUT2D eigenvalue weighted by atomic mass is 9.82. The van der Waals surface area contributed by atoms with Crippen molar-refractivity contribution in [2.75, 3.05) is 4.90 Å². The Morgan fingerprint density at radius 2 is 0.831 bits per heavy atom. The summed E-state index contributed by atoms with van der Waals surface area (Å²) < 4.78 is 2.45. The third-order valence-corrected chi connectivity index (χ3v) is 12.4. The quantitative estimate of drug-likeness (QED) is 0.157. The largest absolute Gasteiger partial charge is 0.310 e. The monoisotopic (exact) mass is 754 g/mol. The highest BCUT2D eigenvalue weighted by Crippen LogP contribution is 2.51. The van der Waals surface area contributed by atoms with Crippen LogP contribution in [-0.2, 0) is 5.41 Å². The van der Waals surface area contributed by atoms with Crippen molar-refractivity contribution in [3.05, 3.63) is 230 Å². The molecule has 1 heterocycles. The maximum atomic E-state index is 2.45. The second-order valence-corrected chi connectivity index (χ2v) is 16.2. The summed E-state index contributed by atoms with van der Waals surface area (Å²) in [4.78, 5) is 2.39. The number of nitrogens with zero attached hydrogens (tertiary/aromatic N) is 2. The normalized spacial score (nSPS) is 12.7. The average Bonchev–Trinajstić information content (AvgIpc) is 3.75. The molecule has 0 radical (unpaired) electrons. The second-order valence-electron chi connectivity index (χ2n) is 16.2. The number of fused-ring (bicyclic) bond motifs is 6. The lowest BCUT2D eigenvalue weighted by Crippen LogP contribution is -2.17. The van der Waals surface area contributed by atoms with E-state index in [4.69, 9.17) is 0 Å². The van der Waals surface area contributed by atoms with Gasteiger partial charge in [-0.1, -0.05) is 159 Å². The number of para-hydroxylation sites is 2. The molecular weight excluding hydrogens is 713 g/mol. The maximum absolute atomic E-state index is 2.45. The molecule has 2 nitrogen and oxygen atoms in total. The van der Waals surface area contributed by atoms with Gasteiger partial charge < -0.3 is 9.47 Å². The SMILES string of the molecule is CC1(C)c2cc(N(c3ccccc3)c3ccc(-c4cccc(-c5ccccc5)c4)cc3)ccc2-c2ccc(-n3c4ccccc4c4cc(-c5ccccc5)ccc43)cc21. The molecule has 0 bridgehead atoms. The van der Waals surface area contributed by atoms with Crippen molar-refractivity contribution < 1.29 is 0 Å². The first-order chi connectivity index (χ1) is 29.0. The Balaban J connectivity index is 0.971. The first kappa shape index (κ1) is 34.8. The summed E-state index contributed by atoms with van der Waals surface area (Å²) in [6.45, 7) is 4.77. The molecule has 59 heavy (non-hydrogen) atoms. The average molecular weight is 755 g/mol. The van der Waals surface area contributed by atoms with E-state index in [1.165, 1.54) is 83.1 Å². The Hall–Kier alpha value is -7.42. The van der Waals surface area contributed by atoms with E-state index in [0.717, 1.165) is 17.1 Å². The first-order valence-electron chi connectivity index (χ1n) is 20.5. The van der Waals surface area contributed by atoms with Crippen LogP contribution in [0.25, 0.3) is 72.0 Å². The first-order valence-corrected chi connectivity index (χ1v) is 20.5. The third kappa shape index (κ3) is 5.87. The van der Waals surface area contributed by atoms with Gasteiger partial charge in [0, 0.05) is 38.9 Å². The van der Waals surface area contributed by atoms with Crippen LogP contribution in [0.15, 0.2) is 218 Å². The molecule has 11 rings (SSSR count). The van der Waals surface area contributed by atoms with E-state index < -0.39 is 0 Å². The molecule has 0 fully saturated rings. The molecule has 0 unspecified atom stereocenters. The fourth-order valence-electron chi connectivity index (χ4n) is 9.39. The van der Waals surface area contributed by atoms with Gasteiger partial charge in [0.2, 0.25) is 0 Å². The minimum atomic E-state index is -0.216. The van der Waals surface area contributed by atoms with E-state index in [1.54, 1.807) is 0 Å². The Morgan fingerprint density at radius 1 is 0.339 bits per heavy atom. The van der Waals surface area contributed by atoms with Gasteiger partial charge in [0.25, 0.3) is 0 Å². The molecular formula is C57H42N2. The van der Waals surface area contributed by atoms with Crippen LogP contribution in [0.3, 0.4) is 0 Å². The number of aromatic nitrogens is 1. The van der Waals surface area contributed by atoms with Gasteiger partial charge in [0.05, 0.1) is 11.0 Å². The zero-order valence-corrected chi connectivity index (χ0v) is 33.2. The van der Waals surface area contributed by atoms with Crippen LogP contribution in [0.2, 0.25) is 0 Å². The summed E-state index contributed by atoms with van der Waals surface area (Å²) in [5, 5.41) is 2.53. The van der Waals surface area contributed by atoms with Crippen molar-refractivity contribution in [2.45, 2.75) is 19.3 Å². The van der Waals surface area contributed by atoms with Crippen molar-refractivity contribution in [3.63, 3.8) is 0 Å². The number of hydrogen-bond donors (Lipinski definition) is 0. The molecule has 1 aliphatic carbocycles. The van der Waals surface area contributed by atoms with Crippen LogP contribution in [0.5, 0.6) is 0 Å². The smallest absolute Gasteiger partial charge is 0.0541 e. The molecule has 10 aromatic rings. The molecule has 0 atom stereocenters. The lowest BCUT2D eigenvalue weighted by Gasteiger charge is -2.28. The molecule has 0 spiro atoms. The number of anilines is 3. The number of benzene rings is 9. The van der Waals surface area contributed by atoms with Crippen LogP contribution in [0, 0.1) is 0 Å². The van der Waals surface area contributed by atoms with E-state index in [1.807, 2.05) is 0 Å². The lowest BCUT2D eigenvalue weighted by molar-refractivity contribution is 0.660. The van der Waals surface area contributed by atoms with Gasteiger partial charge in [0.1, 0.15) is 0 Å². The molecule has 0 N–H and O–H groups in total. The molecule has 2 heteroatoms. The Morgan fingerprint density at radius 3 is 1.53 bits per heavy atom. The molecule has 0 amide bonds. The van der Waals surface area contributed by atoms with Crippen molar-refractivity contribution in [2.24, 2.45) is 0 Å². The van der Waals surface area contributed by atoms with E-state index in [0.29, 0.717) is 0 Å². The molecule has 1 aliphatic rings. The summed E-state index contributed by atoms with van der Waals surface area (Å²) in [6.07, 6.45) is 0. The molecule has 0 aliphatic heterocycles. The minimum Gasteiger partial charge on any atom is -0.310 e. The Bertz CT molecular complexity index is 3160. The van der Waals surface area contributed by atoms with Gasteiger partial charge in [-0.3, -0.25) is 0 Å². The van der Waals surface area contributed by atoms with Crippen molar-refractivity contribution in [1.82, 2.24) is 4.57 Å². The van der Waals surface area contributed by atoms with Gasteiger partial charge in [-0.05, 0) is 128 Å². The number of hydrogen-bond acceptors (Lipinski definition) is 1. The van der Waals surface area contributed by atoms with Crippen LogP contribution < -0.4 is 4.90 Å². The fourth-order valence-corrected chi connectivity index (χ4v) is 9.39. The van der Waals surface area contributed by atoms with Gasteiger partial charge in [-0.2, -0.15) is 0 Å². The maximum Gasteiger partial charge on any atom is 0.0541 e. The van der Waals surface area contributed by atoms with Gasteiger partial charge in [-0.25, -0.2) is 0 Å². The predicted molar refractivity (Wildman–Crippen MR) is 249 cm³/mol. The highest BCUT2D eigenvalue weighted by Gasteiger charge is 2.36. The highest BCUT2D eigenvalue weighted by molar-refractivity contribution is 6.10. The molecule has 9 aromatic carbocycles. The number of rotatable bonds is 7. The van der Waals surface area contributed by atoms with Crippen LogP contribution in [0.1, 0.15) is 25.0 Å². The molecule has 0 saturated carbocycles. The Labute approximate surface area is 345 Å². The van der Waals surface area contributed by atoms with Gasteiger partial charge >= 0.3 is 0 Å². The summed E-state index contributed by atoms with van der Waals surface area (Å²) in [5.74, 6) is 0. The van der Waals surface area contributed by atoms with Crippen LogP contribution >= 0.6 is 0 Å². The van der Waals surface area contributed by atoms with Crippen molar-refractivity contribution in [3.8, 4) is 50.2 Å².